The molecule has 2 rings (SSSR count). The Morgan fingerprint density at radius 1 is 1.40 bits per heavy atom. The second kappa shape index (κ2) is 4.97. The largest absolute Gasteiger partial charge is 0.326 e. The third-order valence-corrected chi connectivity index (χ3v) is 3.33. The minimum absolute atomic E-state index is 0.372. The van der Waals surface area contributed by atoms with E-state index in [4.69, 9.17) is 17.3 Å². The Kier molecular flexibility index (Phi) is 3.62. The first-order valence-corrected chi connectivity index (χ1v) is 5.85. The maximum absolute atomic E-state index is 6.10. The van der Waals surface area contributed by atoms with Crippen LogP contribution in [0.3, 0.4) is 0 Å². The van der Waals surface area contributed by atoms with Crippen LogP contribution in [0.1, 0.15) is 12.0 Å². The Morgan fingerprint density at radius 3 is 2.87 bits per heavy atom. The molecule has 82 valence electrons. The smallest absolute Gasteiger partial charge is 0.0438 e. The minimum Gasteiger partial charge on any atom is -0.326 e. The molecule has 2 N–H and O–H groups in total. The van der Waals surface area contributed by atoms with E-state index in [2.05, 4.69) is 11.0 Å². The predicted molar refractivity (Wildman–Crippen MR) is 64.2 cm³/mol. The molecule has 3 heteroatoms. The summed E-state index contributed by atoms with van der Waals surface area (Å²) in [5, 5.41) is 0.876. The fourth-order valence-electron chi connectivity index (χ4n) is 2.05. The molecule has 2 nitrogen and oxygen atoms in total. The number of nitrogens with two attached hydrogens (primary N) is 1. The Balaban J connectivity index is 1.86. The summed E-state index contributed by atoms with van der Waals surface area (Å²) >= 11 is 6.10. The van der Waals surface area contributed by atoms with E-state index in [9.17, 15) is 0 Å². The second-order valence-electron chi connectivity index (χ2n) is 4.19. The van der Waals surface area contributed by atoms with Gasteiger partial charge in [-0.15, -0.1) is 0 Å². The monoisotopic (exact) mass is 224 g/mol. The van der Waals surface area contributed by atoms with Crippen LogP contribution in [0, 0.1) is 0 Å². The first kappa shape index (κ1) is 10.9. The highest BCUT2D eigenvalue weighted by Crippen LogP contribution is 2.16. The number of hydrogen-bond acceptors (Lipinski definition) is 2. The standard InChI is InChI=1S/C12H17ClN2/c13-12-4-2-1-3-10(12)5-7-15-8-6-11(14)9-15/h1-4,11H,5-9,14H2. The van der Waals surface area contributed by atoms with Crippen LogP contribution in [0.25, 0.3) is 0 Å². The highest BCUT2D eigenvalue weighted by atomic mass is 35.5. The van der Waals surface area contributed by atoms with Crippen molar-refractivity contribution in [3.63, 3.8) is 0 Å². The van der Waals surface area contributed by atoms with Crippen LogP contribution in [0.15, 0.2) is 24.3 Å². The van der Waals surface area contributed by atoms with Crippen LogP contribution >= 0.6 is 11.6 Å². The maximum Gasteiger partial charge on any atom is 0.0438 e. The van der Waals surface area contributed by atoms with Gasteiger partial charge in [-0.2, -0.15) is 0 Å². The number of hydrogen-bond donors (Lipinski definition) is 1. The topological polar surface area (TPSA) is 29.3 Å². The summed E-state index contributed by atoms with van der Waals surface area (Å²) in [7, 11) is 0. The lowest BCUT2D eigenvalue weighted by molar-refractivity contribution is 0.339. The van der Waals surface area contributed by atoms with Crippen LogP contribution in [0.2, 0.25) is 5.02 Å². The number of benzene rings is 1. The number of nitrogens with zero attached hydrogens (tertiary/aromatic N) is 1. The van der Waals surface area contributed by atoms with Crippen LogP contribution in [-0.2, 0) is 6.42 Å². The predicted octanol–water partition coefficient (Wildman–Crippen LogP) is 1.92. The molecule has 1 unspecified atom stereocenters. The van der Waals surface area contributed by atoms with Gasteiger partial charge in [0.1, 0.15) is 0 Å². The van der Waals surface area contributed by atoms with Crippen molar-refractivity contribution < 1.29 is 0 Å². The Morgan fingerprint density at radius 2 is 2.20 bits per heavy atom. The molecule has 1 aromatic carbocycles. The molecule has 0 saturated carbocycles. The summed E-state index contributed by atoms with van der Waals surface area (Å²) in [6.45, 7) is 3.23. The van der Waals surface area contributed by atoms with Crippen molar-refractivity contribution in [2.24, 2.45) is 5.73 Å². The molecule has 0 spiro atoms. The van der Waals surface area contributed by atoms with E-state index < -0.39 is 0 Å². The Bertz CT molecular complexity index is 327. The van der Waals surface area contributed by atoms with Crippen molar-refractivity contribution in [1.29, 1.82) is 0 Å². The van der Waals surface area contributed by atoms with Gasteiger partial charge in [-0.05, 0) is 31.0 Å². The molecule has 1 aliphatic rings. The van der Waals surface area contributed by atoms with Crippen molar-refractivity contribution in [3.05, 3.63) is 34.9 Å². The van der Waals surface area contributed by atoms with Crippen LogP contribution in [0.5, 0.6) is 0 Å². The SMILES string of the molecule is NC1CCN(CCc2ccccc2Cl)C1. The van der Waals surface area contributed by atoms with Crippen LogP contribution < -0.4 is 5.73 Å². The van der Waals surface area contributed by atoms with Gasteiger partial charge in [0.2, 0.25) is 0 Å². The average molecular weight is 225 g/mol. The zero-order valence-corrected chi connectivity index (χ0v) is 9.58. The van der Waals surface area contributed by atoms with Gasteiger partial charge in [-0.25, -0.2) is 0 Å². The van der Waals surface area contributed by atoms with E-state index in [1.165, 1.54) is 5.56 Å². The third-order valence-electron chi connectivity index (χ3n) is 2.96. The van der Waals surface area contributed by atoms with Crippen molar-refractivity contribution in [2.75, 3.05) is 19.6 Å². The summed E-state index contributed by atoms with van der Waals surface area (Å²) < 4.78 is 0. The number of halogens is 1. The molecule has 0 aromatic heterocycles. The molecule has 15 heavy (non-hydrogen) atoms. The van der Waals surface area contributed by atoms with Crippen molar-refractivity contribution in [3.8, 4) is 0 Å². The highest BCUT2D eigenvalue weighted by molar-refractivity contribution is 6.31. The molecule has 1 atom stereocenters. The van der Waals surface area contributed by atoms with Crippen molar-refractivity contribution >= 4 is 11.6 Å². The molecular weight excluding hydrogens is 208 g/mol. The molecule has 1 aromatic rings. The van der Waals surface area contributed by atoms with E-state index in [0.29, 0.717) is 6.04 Å². The highest BCUT2D eigenvalue weighted by Gasteiger charge is 2.18. The lowest BCUT2D eigenvalue weighted by atomic mass is 10.1. The van der Waals surface area contributed by atoms with Crippen LogP contribution in [-0.4, -0.2) is 30.6 Å². The first-order valence-electron chi connectivity index (χ1n) is 5.47. The fourth-order valence-corrected chi connectivity index (χ4v) is 2.28. The summed E-state index contributed by atoms with van der Waals surface area (Å²) in [5.74, 6) is 0. The quantitative estimate of drug-likeness (QED) is 0.850. The zero-order chi connectivity index (χ0) is 10.7. The zero-order valence-electron chi connectivity index (χ0n) is 8.82. The summed E-state index contributed by atoms with van der Waals surface area (Å²) in [6, 6.07) is 8.43. The fraction of sp³-hybridized carbons (Fsp3) is 0.500. The third kappa shape index (κ3) is 2.94. The normalized spacial score (nSPS) is 22.1. The molecule has 1 fully saturated rings. The van der Waals surface area contributed by atoms with Gasteiger partial charge >= 0.3 is 0 Å². The van der Waals surface area contributed by atoms with E-state index in [1.54, 1.807) is 0 Å². The summed E-state index contributed by atoms with van der Waals surface area (Å²) in [4.78, 5) is 2.41. The molecular formula is C12H17ClN2. The van der Waals surface area contributed by atoms with Gasteiger partial charge in [0.25, 0.3) is 0 Å². The van der Waals surface area contributed by atoms with Crippen LogP contribution in [0.4, 0.5) is 0 Å². The Hall–Kier alpha value is -0.570. The molecule has 0 amide bonds. The lowest BCUT2D eigenvalue weighted by Gasteiger charge is -2.15. The molecule has 0 bridgehead atoms. The van der Waals surface area contributed by atoms with Gasteiger partial charge in [-0.3, -0.25) is 0 Å². The summed E-state index contributed by atoms with van der Waals surface area (Å²) in [6.07, 6.45) is 2.15. The van der Waals surface area contributed by atoms with Crippen molar-refractivity contribution in [1.82, 2.24) is 4.90 Å². The van der Waals surface area contributed by atoms with E-state index in [-0.39, 0.29) is 0 Å². The maximum atomic E-state index is 6.10. The van der Waals surface area contributed by atoms with Gasteiger partial charge < -0.3 is 10.6 Å². The first-order chi connectivity index (χ1) is 7.25. The van der Waals surface area contributed by atoms with Gasteiger partial charge in [-0.1, -0.05) is 29.8 Å². The van der Waals surface area contributed by atoms with Gasteiger partial charge in [0.05, 0.1) is 0 Å². The van der Waals surface area contributed by atoms with Gasteiger partial charge in [0, 0.05) is 24.2 Å². The van der Waals surface area contributed by atoms with E-state index in [0.717, 1.165) is 37.5 Å². The minimum atomic E-state index is 0.372. The lowest BCUT2D eigenvalue weighted by Crippen LogP contribution is -2.28. The molecule has 1 saturated heterocycles. The van der Waals surface area contributed by atoms with Crippen molar-refractivity contribution in [2.45, 2.75) is 18.9 Å². The second-order valence-corrected chi connectivity index (χ2v) is 4.60. The molecule has 1 aliphatic heterocycles. The average Bonchev–Trinajstić information content (AvgIpc) is 2.63. The molecule has 0 aliphatic carbocycles. The number of rotatable bonds is 3. The number of likely N-dealkylation sites (tertiary alicyclic amines) is 1. The Labute approximate surface area is 96.0 Å². The molecule has 1 heterocycles. The van der Waals surface area contributed by atoms with E-state index >= 15 is 0 Å². The molecule has 0 radical (unpaired) electrons. The van der Waals surface area contributed by atoms with Gasteiger partial charge in [0.15, 0.2) is 0 Å². The van der Waals surface area contributed by atoms with E-state index in [1.807, 2.05) is 18.2 Å². The summed E-state index contributed by atoms with van der Waals surface area (Å²) in [5.41, 5.74) is 7.09.